The van der Waals surface area contributed by atoms with E-state index in [0.29, 0.717) is 11.3 Å². The van der Waals surface area contributed by atoms with Crippen molar-refractivity contribution in [1.82, 2.24) is 4.31 Å². The molecule has 0 spiro atoms. The van der Waals surface area contributed by atoms with E-state index in [4.69, 9.17) is 24.1 Å². The Hall–Kier alpha value is 0.00338. The number of hydrogen-bond acceptors (Lipinski definition) is 3. The maximum Gasteiger partial charge on any atom is -0.358 e. The number of hydrogen-bond donors (Lipinski definition) is 0. The van der Waals surface area contributed by atoms with Gasteiger partial charge in [0.2, 0.25) is 0 Å². The molecule has 0 aliphatic heterocycles. The van der Waals surface area contributed by atoms with Crippen molar-refractivity contribution in [2.75, 3.05) is 14.1 Å². The Labute approximate surface area is 140 Å². The Kier molecular flexibility index (Phi) is 8.59. The molecule has 0 radical (unpaired) electrons. The van der Waals surface area contributed by atoms with Gasteiger partial charge in [-0.05, 0) is 0 Å². The predicted molar refractivity (Wildman–Crippen MR) is 86.4 cm³/mol. The van der Waals surface area contributed by atoms with E-state index in [2.05, 4.69) is 0 Å². The number of benzene rings is 1. The van der Waals surface area contributed by atoms with E-state index in [1.54, 1.807) is 16.7 Å². The van der Waals surface area contributed by atoms with Gasteiger partial charge < -0.3 is 7.43 Å². The molecule has 0 N–H and O–H groups in total. The van der Waals surface area contributed by atoms with Gasteiger partial charge in [-0.3, -0.25) is 0 Å². The first kappa shape index (κ1) is 21.0. The van der Waals surface area contributed by atoms with Crippen LogP contribution in [-0.4, -0.2) is 37.5 Å². The zero-order valence-corrected chi connectivity index (χ0v) is 16.6. The van der Waals surface area contributed by atoms with Gasteiger partial charge >= 0.3 is 133 Å². The molecule has 0 heterocycles. The van der Waals surface area contributed by atoms with Gasteiger partial charge in [0, 0.05) is 0 Å². The Morgan fingerprint density at radius 3 is 2.29 bits per heavy atom. The summed E-state index contributed by atoms with van der Waals surface area (Å²) in [5, 5.41) is 0. The van der Waals surface area contributed by atoms with Crippen molar-refractivity contribution in [3.63, 3.8) is 0 Å². The van der Waals surface area contributed by atoms with E-state index in [-0.39, 0.29) is 18.4 Å². The summed E-state index contributed by atoms with van der Waals surface area (Å²) < 4.78 is 32.7. The molecule has 0 amide bonds. The molecule has 8 heteroatoms. The van der Waals surface area contributed by atoms with Crippen LogP contribution < -0.4 is 4.74 Å². The van der Waals surface area contributed by atoms with Crippen LogP contribution in [0.3, 0.4) is 0 Å². The second kappa shape index (κ2) is 8.59. The van der Waals surface area contributed by atoms with Crippen molar-refractivity contribution < 1.29 is 26.7 Å². The SMILES string of the molecule is CC(C)Oc1ccc(S(=O)(=O)N(C)C)cc1[CH]=[Ru]([Cl])[Cl].[CH3-]. The van der Waals surface area contributed by atoms with Gasteiger partial charge in [0.25, 0.3) is 0 Å². The first-order valence-corrected chi connectivity index (χ1v) is 12.6. The van der Waals surface area contributed by atoms with Crippen LogP contribution in [0, 0.1) is 7.43 Å². The Bertz CT molecular complexity index is 612. The molecule has 0 aliphatic carbocycles. The zero-order chi connectivity index (χ0) is 15.5. The zero-order valence-electron chi connectivity index (χ0n) is 12.6. The summed E-state index contributed by atoms with van der Waals surface area (Å²) in [6.45, 7) is 3.79. The molecule has 0 bridgehead atoms. The number of rotatable bonds is 5. The van der Waals surface area contributed by atoms with Crippen molar-refractivity contribution in [2.24, 2.45) is 0 Å². The van der Waals surface area contributed by atoms with Crippen molar-refractivity contribution in [3.8, 4) is 5.75 Å². The molecule has 0 aliphatic rings. The fraction of sp³-hybridized carbons (Fsp3) is 0.385. The molecule has 0 aromatic heterocycles. The maximum atomic E-state index is 12.1. The number of sulfonamides is 1. The van der Waals surface area contributed by atoms with Crippen molar-refractivity contribution in [1.29, 1.82) is 0 Å². The standard InChI is InChI=1S/C12H17NO3S.CH3.2ClH.Ru/c1-9(2)16-12-7-6-11(8-10(12)3)17(14,15)13(4)5;;;;/h3,6-9H,1-2,4-5H3;1H3;2*1H;/q;-1;;;+2/p-2. The van der Waals surface area contributed by atoms with Crippen molar-refractivity contribution in [2.45, 2.75) is 24.8 Å². The molecular weight excluding hydrogens is 422 g/mol. The summed E-state index contributed by atoms with van der Waals surface area (Å²) in [5.41, 5.74) is 0.616. The Morgan fingerprint density at radius 1 is 1.29 bits per heavy atom. The molecule has 4 nitrogen and oxygen atoms in total. The van der Waals surface area contributed by atoms with Crippen LogP contribution in [0.5, 0.6) is 5.75 Å². The normalized spacial score (nSPS) is 12.1. The van der Waals surface area contributed by atoms with Gasteiger partial charge in [0.1, 0.15) is 0 Å². The average molecular weight is 442 g/mol. The van der Waals surface area contributed by atoms with E-state index in [1.807, 2.05) is 13.8 Å². The smallest absolute Gasteiger partial charge is 0.358 e. The first-order chi connectivity index (χ1) is 9.14. The van der Waals surface area contributed by atoms with Gasteiger partial charge in [0.15, 0.2) is 0 Å². The molecule has 0 saturated carbocycles. The van der Waals surface area contributed by atoms with Crippen LogP contribution in [0.4, 0.5) is 0 Å². The molecule has 0 atom stereocenters. The molecule has 21 heavy (non-hydrogen) atoms. The van der Waals surface area contributed by atoms with Gasteiger partial charge in [0.05, 0.1) is 0 Å². The maximum absolute atomic E-state index is 12.1. The van der Waals surface area contributed by atoms with Crippen molar-refractivity contribution in [3.05, 3.63) is 31.2 Å². The van der Waals surface area contributed by atoms with Crippen LogP contribution in [-0.2, 0) is 23.5 Å². The third-order valence-corrected chi connectivity index (χ3v) is 5.95. The fourth-order valence-electron chi connectivity index (χ4n) is 1.42. The summed E-state index contributed by atoms with van der Waals surface area (Å²) >= 11 is -2.08. The summed E-state index contributed by atoms with van der Waals surface area (Å²) in [4.78, 5) is 0.189. The van der Waals surface area contributed by atoms with E-state index >= 15 is 0 Å². The first-order valence-electron chi connectivity index (χ1n) is 5.71. The molecular formula is C13H20Cl2NO3RuS-. The molecule has 0 unspecified atom stereocenters. The number of nitrogens with zero attached hydrogens (tertiary/aromatic N) is 1. The van der Waals surface area contributed by atoms with Gasteiger partial charge in [-0.1, -0.05) is 0 Å². The quantitative estimate of drug-likeness (QED) is 0.520. The van der Waals surface area contributed by atoms with E-state index in [1.165, 1.54) is 20.2 Å². The molecule has 1 aromatic carbocycles. The number of ether oxygens (including phenoxy) is 1. The summed E-state index contributed by atoms with van der Waals surface area (Å²) in [6.07, 6.45) is -0.0234. The van der Waals surface area contributed by atoms with Crippen LogP contribution in [0.1, 0.15) is 19.4 Å². The monoisotopic (exact) mass is 442 g/mol. The number of halogens is 2. The topological polar surface area (TPSA) is 46.6 Å². The summed E-state index contributed by atoms with van der Waals surface area (Å²) in [7, 11) is 11.3. The Balaban J connectivity index is 0.00000400. The third kappa shape index (κ3) is 5.95. The van der Waals surface area contributed by atoms with Crippen molar-refractivity contribution >= 4 is 34.0 Å². The molecule has 1 rings (SSSR count). The molecule has 0 fully saturated rings. The molecule has 124 valence electrons. The van der Waals surface area contributed by atoms with Crippen LogP contribution >= 0.6 is 19.4 Å². The van der Waals surface area contributed by atoms with Crippen LogP contribution in [0.15, 0.2) is 23.1 Å². The second-order valence-corrected chi connectivity index (χ2v) is 12.3. The largest absolute Gasteiger partial charge is 0.358 e. The van der Waals surface area contributed by atoms with Crippen LogP contribution in [0.25, 0.3) is 0 Å². The predicted octanol–water partition coefficient (Wildman–Crippen LogP) is 3.25. The minimum absolute atomic E-state index is 0. The van der Waals surface area contributed by atoms with E-state index in [0.717, 1.165) is 4.31 Å². The third-order valence-electron chi connectivity index (χ3n) is 2.31. The van der Waals surface area contributed by atoms with Gasteiger partial charge in [-0.25, -0.2) is 0 Å². The van der Waals surface area contributed by atoms with E-state index in [9.17, 15) is 8.42 Å². The average Bonchev–Trinajstić information content (AvgIpc) is 2.29. The van der Waals surface area contributed by atoms with Gasteiger partial charge in [-0.2, -0.15) is 0 Å². The molecule has 0 saturated heterocycles. The van der Waals surface area contributed by atoms with Gasteiger partial charge in [-0.15, -0.1) is 0 Å². The van der Waals surface area contributed by atoms with Crippen LogP contribution in [0.2, 0.25) is 0 Å². The minimum atomic E-state index is -3.49. The second-order valence-electron chi connectivity index (χ2n) is 4.46. The Morgan fingerprint density at radius 2 is 1.86 bits per heavy atom. The fourth-order valence-corrected chi connectivity index (χ4v) is 4.14. The van der Waals surface area contributed by atoms with E-state index < -0.39 is 23.5 Å². The minimum Gasteiger partial charge on any atom is -0.358 e. The summed E-state index contributed by atoms with van der Waals surface area (Å²) in [6, 6.07) is 4.69. The summed E-state index contributed by atoms with van der Waals surface area (Å²) in [5.74, 6) is 0.581. The molecule has 1 aromatic rings.